The van der Waals surface area contributed by atoms with Crippen LogP contribution in [0.15, 0.2) is 30.3 Å². The highest BCUT2D eigenvalue weighted by Gasteiger charge is 2.39. The minimum Gasteiger partial charge on any atom is -0.334 e. The molecule has 5 rings (SSSR count). The first-order valence-electron chi connectivity index (χ1n) is 10.8. The van der Waals surface area contributed by atoms with E-state index < -0.39 is 0 Å². The van der Waals surface area contributed by atoms with Crippen LogP contribution in [0.4, 0.5) is 0 Å². The summed E-state index contributed by atoms with van der Waals surface area (Å²) < 4.78 is 2.34. The molecule has 1 aromatic heterocycles. The van der Waals surface area contributed by atoms with Crippen LogP contribution in [0, 0.1) is 5.92 Å². The Morgan fingerprint density at radius 1 is 0.926 bits per heavy atom. The third-order valence-electron chi connectivity index (χ3n) is 6.86. The van der Waals surface area contributed by atoms with Crippen molar-refractivity contribution in [3.05, 3.63) is 41.7 Å². The summed E-state index contributed by atoms with van der Waals surface area (Å²) in [6.45, 7) is 1.89. The average molecular weight is 364 g/mol. The molecule has 0 radical (unpaired) electrons. The lowest BCUT2D eigenvalue weighted by Crippen LogP contribution is -2.42. The van der Waals surface area contributed by atoms with E-state index in [9.17, 15) is 4.79 Å². The fraction of sp³-hybridized carbons (Fsp3) is 0.565. The fourth-order valence-electron chi connectivity index (χ4n) is 5.19. The highest BCUT2D eigenvalue weighted by atomic mass is 16.2. The molecule has 4 heteroatoms. The number of carbonyl (C=O) groups is 1. The van der Waals surface area contributed by atoms with Crippen molar-refractivity contribution in [3.63, 3.8) is 0 Å². The van der Waals surface area contributed by atoms with Crippen LogP contribution in [0.1, 0.15) is 67.5 Å². The molecule has 1 aliphatic carbocycles. The summed E-state index contributed by atoms with van der Waals surface area (Å²) >= 11 is 0. The van der Waals surface area contributed by atoms with Gasteiger partial charge in [0, 0.05) is 24.7 Å². The van der Waals surface area contributed by atoms with Gasteiger partial charge in [0.25, 0.3) is 5.91 Å². The monoisotopic (exact) mass is 363 g/mol. The van der Waals surface area contributed by atoms with Gasteiger partial charge in [-0.05, 0) is 50.9 Å². The van der Waals surface area contributed by atoms with Gasteiger partial charge in [0.15, 0.2) is 0 Å². The zero-order valence-corrected chi connectivity index (χ0v) is 16.1. The maximum absolute atomic E-state index is 13.6. The van der Waals surface area contributed by atoms with E-state index in [-0.39, 0.29) is 5.91 Å². The van der Waals surface area contributed by atoms with E-state index >= 15 is 0 Å². The quantitative estimate of drug-likeness (QED) is 0.794. The smallest absolute Gasteiger partial charge is 0.274 e. The molecule has 0 N–H and O–H groups in total. The van der Waals surface area contributed by atoms with Gasteiger partial charge in [0.05, 0.1) is 5.69 Å². The molecule has 0 bridgehead atoms. The van der Waals surface area contributed by atoms with E-state index in [1.54, 1.807) is 0 Å². The number of fused-ring (bicyclic) bond motifs is 1. The maximum Gasteiger partial charge on any atom is 0.274 e. The van der Waals surface area contributed by atoms with Crippen molar-refractivity contribution >= 4 is 5.91 Å². The minimum atomic E-state index is 0.192. The van der Waals surface area contributed by atoms with Crippen LogP contribution < -0.4 is 0 Å². The number of hydrogen-bond donors (Lipinski definition) is 0. The molecule has 142 valence electrons. The van der Waals surface area contributed by atoms with Gasteiger partial charge in [0.2, 0.25) is 0 Å². The van der Waals surface area contributed by atoms with Gasteiger partial charge in [0.1, 0.15) is 11.5 Å². The Morgan fingerprint density at radius 3 is 2.56 bits per heavy atom. The lowest BCUT2D eigenvalue weighted by atomic mass is 9.79. The summed E-state index contributed by atoms with van der Waals surface area (Å²) in [7, 11) is 0. The molecule has 1 unspecified atom stereocenters. The fourth-order valence-corrected chi connectivity index (χ4v) is 5.19. The molecule has 0 spiro atoms. The van der Waals surface area contributed by atoms with Crippen LogP contribution in [0.3, 0.4) is 0 Å². The topological polar surface area (TPSA) is 38.1 Å². The minimum absolute atomic E-state index is 0.192. The summed E-state index contributed by atoms with van der Waals surface area (Å²) in [6, 6.07) is 10.8. The van der Waals surface area contributed by atoms with Gasteiger partial charge >= 0.3 is 0 Å². The Hall–Kier alpha value is -2.10. The van der Waals surface area contributed by atoms with Crippen molar-refractivity contribution in [2.75, 3.05) is 6.54 Å². The largest absolute Gasteiger partial charge is 0.334 e. The lowest BCUT2D eigenvalue weighted by molar-refractivity contribution is 0.0620. The summed E-state index contributed by atoms with van der Waals surface area (Å²) in [6.07, 6.45) is 10.8. The predicted molar refractivity (Wildman–Crippen MR) is 107 cm³/mol. The van der Waals surface area contributed by atoms with E-state index in [2.05, 4.69) is 33.7 Å². The zero-order valence-electron chi connectivity index (χ0n) is 16.1. The van der Waals surface area contributed by atoms with Gasteiger partial charge in [-0.2, -0.15) is 0 Å². The summed E-state index contributed by atoms with van der Waals surface area (Å²) in [5.41, 5.74) is 3.04. The molecule has 3 heterocycles. The van der Waals surface area contributed by atoms with Crippen LogP contribution in [0.2, 0.25) is 0 Å². The van der Waals surface area contributed by atoms with Crippen LogP contribution in [-0.2, 0) is 13.0 Å². The number of nitrogens with zero attached hydrogens (tertiary/aromatic N) is 3. The van der Waals surface area contributed by atoms with Gasteiger partial charge in [-0.3, -0.25) is 4.79 Å². The Labute approximate surface area is 161 Å². The average Bonchev–Trinajstić information content (AvgIpc) is 3.19. The maximum atomic E-state index is 13.6. The summed E-state index contributed by atoms with van der Waals surface area (Å²) in [5.74, 6) is 1.90. The van der Waals surface area contributed by atoms with E-state index in [0.29, 0.717) is 6.04 Å². The SMILES string of the molecule is O=C(c1nc(-c2ccccc2)n2c1CCCCC2)N1CCCC1C1CCC1. The van der Waals surface area contributed by atoms with E-state index in [4.69, 9.17) is 4.98 Å². The molecule has 2 fully saturated rings. The third kappa shape index (κ3) is 2.99. The molecule has 2 aromatic rings. The van der Waals surface area contributed by atoms with Gasteiger partial charge in [-0.15, -0.1) is 0 Å². The number of amides is 1. The van der Waals surface area contributed by atoms with Crippen molar-refractivity contribution in [2.45, 2.75) is 70.4 Å². The van der Waals surface area contributed by atoms with E-state index in [1.807, 2.05) is 6.07 Å². The van der Waals surface area contributed by atoms with Crippen molar-refractivity contribution in [1.29, 1.82) is 0 Å². The predicted octanol–water partition coefficient (Wildman–Crippen LogP) is 4.68. The molecular formula is C23H29N3O. The van der Waals surface area contributed by atoms with Gasteiger partial charge in [-0.1, -0.05) is 43.2 Å². The summed E-state index contributed by atoms with van der Waals surface area (Å²) in [5, 5.41) is 0. The lowest BCUT2D eigenvalue weighted by Gasteiger charge is -2.36. The molecule has 1 saturated heterocycles. The Balaban J connectivity index is 1.53. The molecule has 4 nitrogen and oxygen atoms in total. The van der Waals surface area contributed by atoms with Crippen molar-refractivity contribution in [3.8, 4) is 11.4 Å². The Bertz CT molecular complexity index is 822. The Morgan fingerprint density at radius 2 is 1.78 bits per heavy atom. The molecule has 27 heavy (non-hydrogen) atoms. The first-order valence-corrected chi connectivity index (χ1v) is 10.8. The standard InChI is InChI=1S/C23H29N3O/c27-23(26-16-8-14-19(26)17-11-7-12-17)21-20-13-5-2-6-15-25(20)22(24-21)18-9-3-1-4-10-18/h1,3-4,9-10,17,19H,2,5-8,11-16H2. The highest BCUT2D eigenvalue weighted by molar-refractivity contribution is 5.94. The molecule has 1 saturated carbocycles. The zero-order chi connectivity index (χ0) is 18.2. The number of imidazole rings is 1. The van der Waals surface area contributed by atoms with Crippen molar-refractivity contribution in [2.24, 2.45) is 5.92 Å². The van der Waals surface area contributed by atoms with Gasteiger partial charge < -0.3 is 9.47 Å². The Kier molecular flexibility index (Phi) is 4.50. The second kappa shape index (κ2) is 7.14. The number of benzene rings is 1. The third-order valence-corrected chi connectivity index (χ3v) is 6.86. The number of aromatic nitrogens is 2. The number of carbonyl (C=O) groups excluding carboxylic acids is 1. The highest BCUT2D eigenvalue weighted by Crippen LogP contribution is 2.38. The van der Waals surface area contributed by atoms with Gasteiger partial charge in [-0.25, -0.2) is 4.98 Å². The van der Waals surface area contributed by atoms with Crippen molar-refractivity contribution < 1.29 is 4.79 Å². The van der Waals surface area contributed by atoms with E-state index in [0.717, 1.165) is 55.4 Å². The first-order chi connectivity index (χ1) is 13.3. The molecule has 1 atom stereocenters. The van der Waals surface area contributed by atoms with Crippen LogP contribution >= 0.6 is 0 Å². The number of likely N-dealkylation sites (tertiary alicyclic amines) is 1. The van der Waals surface area contributed by atoms with Crippen LogP contribution in [0.5, 0.6) is 0 Å². The molecule has 3 aliphatic rings. The van der Waals surface area contributed by atoms with Crippen molar-refractivity contribution in [1.82, 2.24) is 14.5 Å². The molecular weight excluding hydrogens is 334 g/mol. The van der Waals surface area contributed by atoms with Crippen LogP contribution in [0.25, 0.3) is 11.4 Å². The second-order valence-electron chi connectivity index (χ2n) is 8.46. The molecule has 1 amide bonds. The second-order valence-corrected chi connectivity index (χ2v) is 8.46. The summed E-state index contributed by atoms with van der Waals surface area (Å²) in [4.78, 5) is 20.7. The van der Waals surface area contributed by atoms with E-state index in [1.165, 1.54) is 44.2 Å². The molecule has 1 aromatic carbocycles. The molecule has 2 aliphatic heterocycles. The van der Waals surface area contributed by atoms with Crippen LogP contribution in [-0.4, -0.2) is 32.9 Å². The number of hydrogen-bond acceptors (Lipinski definition) is 2. The first kappa shape index (κ1) is 17.0. The number of rotatable bonds is 3. The normalized spacial score (nSPS) is 23.0.